The summed E-state index contributed by atoms with van der Waals surface area (Å²) < 4.78 is 23.0. The molecule has 0 amide bonds. The van der Waals surface area contributed by atoms with Gasteiger partial charge in [0.05, 0.1) is 16.6 Å². The van der Waals surface area contributed by atoms with Crippen molar-refractivity contribution in [1.82, 2.24) is 10.2 Å². The van der Waals surface area contributed by atoms with Crippen LogP contribution in [-0.4, -0.2) is 18.6 Å². The molecular weight excluding hydrogens is 276 g/mol. The molecule has 0 aliphatic carbocycles. The number of nitrogens with zero attached hydrogens (tertiary/aromatic N) is 1. The van der Waals surface area contributed by atoms with Gasteiger partial charge < -0.3 is 5.32 Å². The average molecular weight is 294 g/mol. The van der Waals surface area contributed by atoms with Gasteiger partial charge in [-0.25, -0.2) is 13.6 Å². The van der Waals surface area contributed by atoms with Gasteiger partial charge in [0.15, 0.2) is 0 Å². The summed E-state index contributed by atoms with van der Waals surface area (Å²) in [7, 11) is -3.71. The van der Waals surface area contributed by atoms with E-state index in [4.69, 9.17) is 5.14 Å². The van der Waals surface area contributed by atoms with Crippen LogP contribution >= 0.6 is 0 Å². The number of anilines is 1. The summed E-state index contributed by atoms with van der Waals surface area (Å²) in [6.45, 7) is 5.76. The van der Waals surface area contributed by atoms with E-state index >= 15 is 0 Å². The van der Waals surface area contributed by atoms with Crippen molar-refractivity contribution in [3.05, 3.63) is 41.2 Å². The first kappa shape index (κ1) is 14.5. The normalized spacial score (nSPS) is 13.2. The van der Waals surface area contributed by atoms with Gasteiger partial charge in [-0.15, -0.1) is 0 Å². The lowest BCUT2D eigenvalue weighted by Gasteiger charge is -2.18. The van der Waals surface area contributed by atoms with Crippen LogP contribution in [0, 0.1) is 13.8 Å². The molecule has 0 radical (unpaired) electrons. The molecule has 1 atom stereocenters. The maximum absolute atomic E-state index is 11.5. The van der Waals surface area contributed by atoms with E-state index in [-0.39, 0.29) is 10.9 Å². The molecule has 6 nitrogen and oxygen atoms in total. The molecule has 0 bridgehead atoms. The Labute approximate surface area is 118 Å². The Morgan fingerprint density at radius 3 is 2.60 bits per heavy atom. The molecule has 2 rings (SSSR count). The minimum atomic E-state index is -3.71. The summed E-state index contributed by atoms with van der Waals surface area (Å²) in [5.41, 5.74) is 3.53. The van der Waals surface area contributed by atoms with Gasteiger partial charge in [-0.05, 0) is 50.1 Å². The highest BCUT2D eigenvalue weighted by Gasteiger charge is 2.14. The maximum atomic E-state index is 11.5. The van der Waals surface area contributed by atoms with Gasteiger partial charge in [-0.1, -0.05) is 0 Å². The quantitative estimate of drug-likeness (QED) is 0.801. The molecule has 0 aliphatic rings. The molecule has 108 valence electrons. The number of sulfonamides is 1. The molecule has 0 aliphatic heterocycles. The molecule has 7 heteroatoms. The Kier molecular flexibility index (Phi) is 3.82. The highest BCUT2D eigenvalue weighted by atomic mass is 32.2. The first-order valence-electron chi connectivity index (χ1n) is 6.19. The van der Waals surface area contributed by atoms with E-state index in [1.807, 2.05) is 26.8 Å². The van der Waals surface area contributed by atoms with Crippen LogP contribution in [0.1, 0.15) is 29.8 Å². The highest BCUT2D eigenvalue weighted by Crippen LogP contribution is 2.26. The standard InChI is InChI=1S/C13H18N4O2S/c1-8-6-11(20(14,18)19)7-13(9(8)2)16-10(3)12-4-5-15-17-12/h4-7,10,16H,1-3H3,(H,15,17)(H2,14,18,19). The van der Waals surface area contributed by atoms with Crippen LogP contribution in [0.15, 0.2) is 29.3 Å². The second-order valence-electron chi connectivity index (χ2n) is 4.84. The van der Waals surface area contributed by atoms with Crippen LogP contribution in [-0.2, 0) is 10.0 Å². The molecule has 0 saturated heterocycles. The number of hydrogen-bond donors (Lipinski definition) is 3. The van der Waals surface area contributed by atoms with Gasteiger partial charge in [0.25, 0.3) is 0 Å². The zero-order valence-electron chi connectivity index (χ0n) is 11.6. The zero-order chi connectivity index (χ0) is 14.9. The predicted octanol–water partition coefficient (Wildman–Crippen LogP) is 1.85. The van der Waals surface area contributed by atoms with E-state index in [0.29, 0.717) is 0 Å². The number of primary sulfonamides is 1. The summed E-state index contributed by atoms with van der Waals surface area (Å²) >= 11 is 0. The van der Waals surface area contributed by atoms with Crippen LogP contribution < -0.4 is 10.5 Å². The van der Waals surface area contributed by atoms with Crippen molar-refractivity contribution in [3.63, 3.8) is 0 Å². The van der Waals surface area contributed by atoms with Gasteiger partial charge >= 0.3 is 0 Å². The third kappa shape index (κ3) is 3.00. The van der Waals surface area contributed by atoms with Crippen molar-refractivity contribution in [2.24, 2.45) is 5.14 Å². The average Bonchev–Trinajstić information content (AvgIpc) is 2.87. The van der Waals surface area contributed by atoms with Crippen molar-refractivity contribution in [3.8, 4) is 0 Å². The summed E-state index contributed by atoms with van der Waals surface area (Å²) in [6, 6.07) is 4.98. The van der Waals surface area contributed by atoms with E-state index in [9.17, 15) is 8.42 Å². The zero-order valence-corrected chi connectivity index (χ0v) is 12.5. The Balaban J connectivity index is 2.39. The van der Waals surface area contributed by atoms with E-state index in [2.05, 4.69) is 15.5 Å². The largest absolute Gasteiger partial charge is 0.377 e. The van der Waals surface area contributed by atoms with Crippen molar-refractivity contribution in [2.45, 2.75) is 31.7 Å². The van der Waals surface area contributed by atoms with Crippen molar-refractivity contribution >= 4 is 15.7 Å². The fraction of sp³-hybridized carbons (Fsp3) is 0.308. The smallest absolute Gasteiger partial charge is 0.238 e. The number of aromatic nitrogens is 2. The lowest BCUT2D eigenvalue weighted by Crippen LogP contribution is -2.14. The number of rotatable bonds is 4. The fourth-order valence-corrected chi connectivity index (χ4v) is 2.58. The number of nitrogens with two attached hydrogens (primary N) is 1. The van der Waals surface area contributed by atoms with Gasteiger partial charge in [0, 0.05) is 11.9 Å². The maximum Gasteiger partial charge on any atom is 0.238 e. The van der Waals surface area contributed by atoms with Crippen LogP contribution in [0.25, 0.3) is 0 Å². The minimum absolute atomic E-state index is 0.0219. The molecule has 20 heavy (non-hydrogen) atoms. The summed E-state index contributed by atoms with van der Waals surface area (Å²) in [6.07, 6.45) is 1.67. The first-order chi connectivity index (χ1) is 9.29. The lowest BCUT2D eigenvalue weighted by molar-refractivity contribution is 0.597. The van der Waals surface area contributed by atoms with Crippen molar-refractivity contribution in [2.75, 3.05) is 5.32 Å². The van der Waals surface area contributed by atoms with Crippen LogP contribution in [0.2, 0.25) is 0 Å². The Bertz CT molecular complexity index is 708. The van der Waals surface area contributed by atoms with Crippen LogP contribution in [0.3, 0.4) is 0 Å². The number of nitrogens with one attached hydrogen (secondary N) is 2. The van der Waals surface area contributed by atoms with Gasteiger partial charge in [-0.2, -0.15) is 5.10 Å². The van der Waals surface area contributed by atoms with Gasteiger partial charge in [-0.3, -0.25) is 5.10 Å². The number of aromatic amines is 1. The second kappa shape index (κ2) is 5.26. The van der Waals surface area contributed by atoms with E-state index < -0.39 is 10.0 Å². The van der Waals surface area contributed by atoms with Gasteiger partial charge in [0.1, 0.15) is 0 Å². The molecular formula is C13H18N4O2S. The monoisotopic (exact) mass is 294 g/mol. The predicted molar refractivity (Wildman–Crippen MR) is 77.9 cm³/mol. The molecule has 1 aromatic carbocycles. The third-order valence-electron chi connectivity index (χ3n) is 3.33. The second-order valence-corrected chi connectivity index (χ2v) is 6.40. The molecule has 1 heterocycles. The topological polar surface area (TPSA) is 101 Å². The molecule has 2 aromatic rings. The van der Waals surface area contributed by atoms with Crippen molar-refractivity contribution in [1.29, 1.82) is 0 Å². The molecule has 1 aromatic heterocycles. The van der Waals surface area contributed by atoms with E-state index in [1.54, 1.807) is 18.3 Å². The van der Waals surface area contributed by atoms with E-state index in [0.717, 1.165) is 22.5 Å². The molecule has 0 saturated carbocycles. The number of benzene rings is 1. The number of H-pyrrole nitrogens is 1. The van der Waals surface area contributed by atoms with E-state index in [1.165, 1.54) is 0 Å². The minimum Gasteiger partial charge on any atom is -0.377 e. The number of hydrogen-bond acceptors (Lipinski definition) is 4. The Hall–Kier alpha value is -1.86. The molecule has 0 fully saturated rings. The molecule has 0 spiro atoms. The Morgan fingerprint density at radius 1 is 1.35 bits per heavy atom. The number of aryl methyl sites for hydroxylation is 1. The Morgan fingerprint density at radius 2 is 2.05 bits per heavy atom. The highest BCUT2D eigenvalue weighted by molar-refractivity contribution is 7.89. The molecule has 1 unspecified atom stereocenters. The molecule has 4 N–H and O–H groups in total. The SMILES string of the molecule is Cc1cc(S(N)(=O)=O)cc(NC(C)c2ccn[nH]2)c1C. The third-order valence-corrected chi connectivity index (χ3v) is 4.22. The first-order valence-corrected chi connectivity index (χ1v) is 7.73. The summed E-state index contributed by atoms with van der Waals surface area (Å²) in [5, 5.41) is 15.3. The van der Waals surface area contributed by atoms with Crippen molar-refractivity contribution < 1.29 is 8.42 Å². The van der Waals surface area contributed by atoms with Crippen LogP contribution in [0.5, 0.6) is 0 Å². The van der Waals surface area contributed by atoms with Crippen LogP contribution in [0.4, 0.5) is 5.69 Å². The lowest BCUT2D eigenvalue weighted by atomic mass is 10.1. The van der Waals surface area contributed by atoms with Gasteiger partial charge in [0.2, 0.25) is 10.0 Å². The summed E-state index contributed by atoms with van der Waals surface area (Å²) in [5.74, 6) is 0. The fourth-order valence-electron chi connectivity index (χ4n) is 1.96. The summed E-state index contributed by atoms with van der Waals surface area (Å²) in [4.78, 5) is 0.111.